The lowest BCUT2D eigenvalue weighted by Gasteiger charge is -2.32. The molecule has 0 atom stereocenters. The van der Waals surface area contributed by atoms with Crippen LogP contribution < -0.4 is 0 Å². The molecule has 0 saturated heterocycles. The number of rotatable bonds is 3. The van der Waals surface area contributed by atoms with Crippen LogP contribution in [0.3, 0.4) is 0 Å². The summed E-state index contributed by atoms with van der Waals surface area (Å²) in [7, 11) is 0. The number of allylic oxidation sites excluding steroid dienone is 1. The summed E-state index contributed by atoms with van der Waals surface area (Å²) in [6.45, 7) is 3.88. The average molecular weight is 214 g/mol. The van der Waals surface area contributed by atoms with Crippen molar-refractivity contribution in [2.75, 3.05) is 0 Å². The van der Waals surface area contributed by atoms with E-state index in [0.717, 1.165) is 31.2 Å². The lowest BCUT2D eigenvalue weighted by atomic mass is 9.69. The Morgan fingerprint density at radius 1 is 1.12 bits per heavy atom. The van der Waals surface area contributed by atoms with E-state index >= 15 is 0 Å². The standard InChI is InChI=1S/C15H18O/c1-2-15(11-7-4-8-12-15)14(16)13-9-5-3-6-10-13/h2-3,5-6,9-10H,1,4,7-8,11-12H2. The first kappa shape index (κ1) is 11.1. The molecule has 16 heavy (non-hydrogen) atoms. The van der Waals surface area contributed by atoms with E-state index in [2.05, 4.69) is 6.58 Å². The topological polar surface area (TPSA) is 17.1 Å². The van der Waals surface area contributed by atoms with Crippen LogP contribution in [0.25, 0.3) is 0 Å². The summed E-state index contributed by atoms with van der Waals surface area (Å²) >= 11 is 0. The third-order valence-corrected chi connectivity index (χ3v) is 3.62. The Morgan fingerprint density at radius 3 is 2.31 bits per heavy atom. The van der Waals surface area contributed by atoms with Gasteiger partial charge in [0, 0.05) is 5.56 Å². The molecule has 84 valence electrons. The van der Waals surface area contributed by atoms with Crippen molar-refractivity contribution in [3.63, 3.8) is 0 Å². The quantitative estimate of drug-likeness (QED) is 0.549. The molecule has 0 heterocycles. The molecule has 1 heteroatoms. The maximum absolute atomic E-state index is 12.5. The minimum atomic E-state index is -0.292. The predicted octanol–water partition coefficient (Wildman–Crippen LogP) is 4.01. The van der Waals surface area contributed by atoms with Gasteiger partial charge >= 0.3 is 0 Å². The number of hydrogen-bond donors (Lipinski definition) is 0. The molecular weight excluding hydrogens is 196 g/mol. The Morgan fingerprint density at radius 2 is 1.75 bits per heavy atom. The normalized spacial score (nSPS) is 19.0. The van der Waals surface area contributed by atoms with Gasteiger partial charge in [0.15, 0.2) is 5.78 Å². The highest BCUT2D eigenvalue weighted by atomic mass is 16.1. The van der Waals surface area contributed by atoms with Crippen LogP contribution in [-0.4, -0.2) is 5.78 Å². The van der Waals surface area contributed by atoms with Gasteiger partial charge in [-0.2, -0.15) is 0 Å². The van der Waals surface area contributed by atoms with Crippen molar-refractivity contribution < 1.29 is 4.79 Å². The van der Waals surface area contributed by atoms with Gasteiger partial charge in [-0.25, -0.2) is 0 Å². The van der Waals surface area contributed by atoms with E-state index in [1.165, 1.54) is 6.42 Å². The zero-order valence-corrected chi connectivity index (χ0v) is 9.61. The number of carbonyl (C=O) groups is 1. The van der Waals surface area contributed by atoms with E-state index in [4.69, 9.17) is 0 Å². The van der Waals surface area contributed by atoms with Crippen LogP contribution in [-0.2, 0) is 0 Å². The summed E-state index contributed by atoms with van der Waals surface area (Å²) in [5.74, 6) is 0.253. The van der Waals surface area contributed by atoms with Crippen molar-refractivity contribution in [1.29, 1.82) is 0 Å². The van der Waals surface area contributed by atoms with Crippen LogP contribution in [0.4, 0.5) is 0 Å². The fraction of sp³-hybridized carbons (Fsp3) is 0.400. The van der Waals surface area contributed by atoms with E-state index in [1.807, 2.05) is 36.4 Å². The van der Waals surface area contributed by atoms with Crippen LogP contribution in [0.15, 0.2) is 43.0 Å². The highest BCUT2D eigenvalue weighted by Crippen LogP contribution is 2.40. The van der Waals surface area contributed by atoms with Gasteiger partial charge in [0.25, 0.3) is 0 Å². The minimum Gasteiger partial charge on any atom is -0.293 e. The van der Waals surface area contributed by atoms with Gasteiger partial charge in [-0.1, -0.05) is 55.7 Å². The second-order valence-electron chi connectivity index (χ2n) is 4.62. The zero-order chi connectivity index (χ0) is 11.4. The Hall–Kier alpha value is -1.37. The third kappa shape index (κ3) is 1.95. The second-order valence-corrected chi connectivity index (χ2v) is 4.62. The van der Waals surface area contributed by atoms with Gasteiger partial charge < -0.3 is 0 Å². The van der Waals surface area contributed by atoms with Crippen LogP contribution >= 0.6 is 0 Å². The van der Waals surface area contributed by atoms with Gasteiger partial charge in [-0.15, -0.1) is 6.58 Å². The number of hydrogen-bond acceptors (Lipinski definition) is 1. The number of ketones is 1. The van der Waals surface area contributed by atoms with E-state index in [1.54, 1.807) is 0 Å². The molecule has 1 aliphatic rings. The smallest absolute Gasteiger partial charge is 0.172 e. The van der Waals surface area contributed by atoms with Crippen molar-refractivity contribution >= 4 is 5.78 Å². The molecule has 1 aromatic carbocycles. The van der Waals surface area contributed by atoms with Gasteiger partial charge in [-0.05, 0) is 12.8 Å². The van der Waals surface area contributed by atoms with Crippen LogP contribution in [0.2, 0.25) is 0 Å². The molecule has 2 rings (SSSR count). The first-order valence-corrected chi connectivity index (χ1v) is 6.02. The van der Waals surface area contributed by atoms with E-state index < -0.39 is 0 Å². The molecule has 0 radical (unpaired) electrons. The summed E-state index contributed by atoms with van der Waals surface area (Å²) in [6.07, 6.45) is 7.34. The second kappa shape index (κ2) is 4.65. The van der Waals surface area contributed by atoms with Gasteiger partial charge in [0.2, 0.25) is 0 Å². The Labute approximate surface area is 97.2 Å². The Bertz CT molecular complexity index is 372. The lowest BCUT2D eigenvalue weighted by molar-refractivity contribution is 0.0799. The SMILES string of the molecule is C=CC1(C(=O)c2ccccc2)CCCCC1. The third-order valence-electron chi connectivity index (χ3n) is 3.62. The van der Waals surface area contributed by atoms with Crippen LogP contribution in [0, 0.1) is 5.41 Å². The molecule has 1 aromatic rings. The molecular formula is C15H18O. The average Bonchev–Trinajstić information content (AvgIpc) is 2.39. The highest BCUT2D eigenvalue weighted by Gasteiger charge is 2.36. The maximum Gasteiger partial charge on any atom is 0.172 e. The fourth-order valence-electron chi connectivity index (χ4n) is 2.58. The molecule has 0 aromatic heterocycles. The molecule has 0 aliphatic heterocycles. The van der Waals surface area contributed by atoms with E-state index in [9.17, 15) is 4.79 Å². The minimum absolute atomic E-state index is 0.253. The molecule has 1 nitrogen and oxygen atoms in total. The number of carbonyl (C=O) groups excluding carboxylic acids is 1. The van der Waals surface area contributed by atoms with Gasteiger partial charge in [-0.3, -0.25) is 4.79 Å². The predicted molar refractivity (Wildman–Crippen MR) is 66.5 cm³/mol. The number of Topliss-reactive ketones (excluding diaryl/α,β-unsaturated/α-hetero) is 1. The van der Waals surface area contributed by atoms with Crippen molar-refractivity contribution in [3.8, 4) is 0 Å². The van der Waals surface area contributed by atoms with Crippen LogP contribution in [0.5, 0.6) is 0 Å². The summed E-state index contributed by atoms with van der Waals surface area (Å²) in [6, 6.07) is 9.60. The Balaban J connectivity index is 2.28. The summed E-state index contributed by atoms with van der Waals surface area (Å²) in [4.78, 5) is 12.5. The zero-order valence-electron chi connectivity index (χ0n) is 9.61. The monoisotopic (exact) mass is 214 g/mol. The molecule has 0 spiro atoms. The first-order chi connectivity index (χ1) is 7.78. The Kier molecular flexibility index (Phi) is 3.23. The summed E-state index contributed by atoms with van der Waals surface area (Å²) in [5.41, 5.74) is 0.531. The molecule has 0 amide bonds. The lowest BCUT2D eigenvalue weighted by Crippen LogP contribution is -2.31. The molecule has 0 bridgehead atoms. The van der Waals surface area contributed by atoms with Gasteiger partial charge in [0.1, 0.15) is 0 Å². The highest BCUT2D eigenvalue weighted by molar-refractivity contribution is 6.01. The van der Waals surface area contributed by atoms with Crippen molar-refractivity contribution in [2.24, 2.45) is 5.41 Å². The van der Waals surface area contributed by atoms with Crippen molar-refractivity contribution in [3.05, 3.63) is 48.6 Å². The fourth-order valence-corrected chi connectivity index (χ4v) is 2.58. The number of benzene rings is 1. The van der Waals surface area contributed by atoms with Crippen LogP contribution in [0.1, 0.15) is 42.5 Å². The van der Waals surface area contributed by atoms with E-state index in [0.29, 0.717) is 0 Å². The van der Waals surface area contributed by atoms with Crippen molar-refractivity contribution in [1.82, 2.24) is 0 Å². The largest absolute Gasteiger partial charge is 0.293 e. The summed E-state index contributed by atoms with van der Waals surface area (Å²) in [5, 5.41) is 0. The molecule has 1 fully saturated rings. The first-order valence-electron chi connectivity index (χ1n) is 6.02. The maximum atomic E-state index is 12.5. The molecule has 1 aliphatic carbocycles. The van der Waals surface area contributed by atoms with E-state index in [-0.39, 0.29) is 11.2 Å². The van der Waals surface area contributed by atoms with Gasteiger partial charge in [0.05, 0.1) is 5.41 Å². The molecule has 0 unspecified atom stereocenters. The summed E-state index contributed by atoms with van der Waals surface area (Å²) < 4.78 is 0. The molecule has 1 saturated carbocycles. The molecule has 0 N–H and O–H groups in total. The van der Waals surface area contributed by atoms with Crippen molar-refractivity contribution in [2.45, 2.75) is 32.1 Å².